The van der Waals surface area contributed by atoms with Crippen molar-refractivity contribution in [2.75, 3.05) is 12.4 Å². The number of ether oxygens (including phenoxy) is 1. The lowest BCUT2D eigenvalue weighted by Gasteiger charge is -2.10. The first-order valence-corrected chi connectivity index (χ1v) is 8.17. The van der Waals surface area contributed by atoms with Crippen LogP contribution in [0.25, 0.3) is 0 Å². The molecule has 4 heteroatoms. The van der Waals surface area contributed by atoms with E-state index < -0.39 is 0 Å². The molecule has 2 rings (SSSR count). The number of nitrogens with one attached hydrogen (secondary N) is 1. The maximum atomic E-state index is 11.9. The van der Waals surface area contributed by atoms with Crippen LogP contribution in [0.15, 0.2) is 58.3 Å². The van der Waals surface area contributed by atoms with Gasteiger partial charge in [-0.15, -0.1) is 0 Å². The topological polar surface area (TPSA) is 38.3 Å². The number of carbonyl (C=O) groups is 1. The molecule has 1 amide bonds. The molecule has 2 aromatic rings. The van der Waals surface area contributed by atoms with Crippen LogP contribution in [0, 0.1) is 5.92 Å². The van der Waals surface area contributed by atoms with Crippen LogP contribution in [-0.4, -0.2) is 13.0 Å². The van der Waals surface area contributed by atoms with Gasteiger partial charge in [-0.1, -0.05) is 25.6 Å². The van der Waals surface area contributed by atoms with E-state index in [2.05, 4.69) is 5.32 Å². The molecular weight excluding hydrogens is 294 g/mol. The monoisotopic (exact) mass is 315 g/mol. The normalized spacial score (nSPS) is 11.8. The zero-order valence-corrected chi connectivity index (χ0v) is 13.9. The molecule has 22 heavy (non-hydrogen) atoms. The Bertz CT molecular complexity index is 608. The molecule has 0 aliphatic heterocycles. The molecule has 0 saturated heterocycles. The standard InChI is InChI=1S/C18H21NO2S/c1-4-13(2)18(20)19-14-5-9-16(10-6-14)22-17-11-7-15(21-3)8-12-17/h5-13H,4H2,1-3H3,(H,19,20). The Morgan fingerprint density at radius 3 is 2.14 bits per heavy atom. The predicted molar refractivity (Wildman–Crippen MR) is 91.6 cm³/mol. The van der Waals surface area contributed by atoms with Crippen LogP contribution in [0.3, 0.4) is 0 Å². The van der Waals surface area contributed by atoms with Crippen molar-refractivity contribution in [3.8, 4) is 5.75 Å². The third kappa shape index (κ3) is 4.53. The third-order valence-corrected chi connectivity index (χ3v) is 4.49. The predicted octanol–water partition coefficient (Wildman–Crippen LogP) is 4.83. The largest absolute Gasteiger partial charge is 0.497 e. The number of hydrogen-bond acceptors (Lipinski definition) is 3. The van der Waals surface area contributed by atoms with Crippen molar-refractivity contribution in [3.05, 3.63) is 48.5 Å². The van der Waals surface area contributed by atoms with Crippen molar-refractivity contribution in [2.45, 2.75) is 30.1 Å². The van der Waals surface area contributed by atoms with E-state index in [4.69, 9.17) is 4.74 Å². The molecule has 0 aliphatic rings. The van der Waals surface area contributed by atoms with Crippen molar-refractivity contribution in [2.24, 2.45) is 5.92 Å². The molecular formula is C18H21NO2S. The molecule has 116 valence electrons. The summed E-state index contributed by atoms with van der Waals surface area (Å²) >= 11 is 1.68. The number of benzene rings is 2. The minimum Gasteiger partial charge on any atom is -0.497 e. The minimum absolute atomic E-state index is 0.0355. The van der Waals surface area contributed by atoms with Crippen molar-refractivity contribution in [3.63, 3.8) is 0 Å². The Balaban J connectivity index is 1.97. The van der Waals surface area contributed by atoms with Crippen LogP contribution in [0.4, 0.5) is 5.69 Å². The van der Waals surface area contributed by atoms with Gasteiger partial charge in [0.15, 0.2) is 0 Å². The highest BCUT2D eigenvalue weighted by molar-refractivity contribution is 7.99. The van der Waals surface area contributed by atoms with Crippen molar-refractivity contribution in [1.82, 2.24) is 0 Å². The van der Waals surface area contributed by atoms with E-state index in [1.54, 1.807) is 18.9 Å². The summed E-state index contributed by atoms with van der Waals surface area (Å²) in [6.45, 7) is 3.95. The van der Waals surface area contributed by atoms with E-state index in [1.807, 2.05) is 62.4 Å². The fourth-order valence-electron chi connectivity index (χ4n) is 1.84. The average molecular weight is 315 g/mol. The second kappa shape index (κ2) is 7.90. The van der Waals surface area contributed by atoms with Gasteiger partial charge in [-0.3, -0.25) is 4.79 Å². The van der Waals surface area contributed by atoms with Crippen molar-refractivity contribution < 1.29 is 9.53 Å². The van der Waals surface area contributed by atoms with Crippen LogP contribution in [0.5, 0.6) is 5.75 Å². The van der Waals surface area contributed by atoms with Crippen LogP contribution in [0.1, 0.15) is 20.3 Å². The molecule has 1 N–H and O–H groups in total. The summed E-state index contributed by atoms with van der Waals surface area (Å²) in [5.41, 5.74) is 0.837. The van der Waals surface area contributed by atoms with Crippen molar-refractivity contribution >= 4 is 23.4 Å². The molecule has 0 saturated carbocycles. The summed E-state index contributed by atoms with van der Waals surface area (Å²) < 4.78 is 5.15. The Morgan fingerprint density at radius 1 is 1.09 bits per heavy atom. The Labute approximate surface area is 136 Å². The third-order valence-electron chi connectivity index (χ3n) is 3.48. The SMILES string of the molecule is CCC(C)C(=O)Nc1ccc(Sc2ccc(OC)cc2)cc1. The second-order valence-corrected chi connectivity index (χ2v) is 6.25. The van der Waals surface area contributed by atoms with E-state index in [0.717, 1.165) is 27.6 Å². The molecule has 2 aromatic carbocycles. The summed E-state index contributed by atoms with van der Waals surface area (Å²) in [4.78, 5) is 14.1. The quantitative estimate of drug-likeness (QED) is 0.829. The summed E-state index contributed by atoms with van der Waals surface area (Å²) in [5.74, 6) is 0.957. The number of amides is 1. The van der Waals surface area contributed by atoms with E-state index in [0.29, 0.717) is 0 Å². The van der Waals surface area contributed by atoms with Crippen LogP contribution >= 0.6 is 11.8 Å². The van der Waals surface area contributed by atoms with Gasteiger partial charge in [-0.05, 0) is 55.0 Å². The first kappa shape index (κ1) is 16.4. The Hall–Kier alpha value is -1.94. The average Bonchev–Trinajstić information content (AvgIpc) is 2.56. The molecule has 0 fully saturated rings. The summed E-state index contributed by atoms with van der Waals surface area (Å²) in [7, 11) is 1.66. The molecule has 0 aliphatic carbocycles. The molecule has 0 bridgehead atoms. The number of carbonyl (C=O) groups excluding carboxylic acids is 1. The van der Waals surface area contributed by atoms with Crippen LogP contribution in [0.2, 0.25) is 0 Å². The molecule has 1 atom stereocenters. The van der Waals surface area contributed by atoms with E-state index in [1.165, 1.54) is 0 Å². The second-order valence-electron chi connectivity index (χ2n) is 5.10. The highest BCUT2D eigenvalue weighted by Gasteiger charge is 2.10. The summed E-state index contributed by atoms with van der Waals surface area (Å²) in [5, 5.41) is 2.93. The van der Waals surface area contributed by atoms with Gasteiger partial charge in [-0.25, -0.2) is 0 Å². The van der Waals surface area contributed by atoms with Gasteiger partial charge in [-0.2, -0.15) is 0 Å². The maximum Gasteiger partial charge on any atom is 0.227 e. The van der Waals surface area contributed by atoms with E-state index in [9.17, 15) is 4.79 Å². The lowest BCUT2D eigenvalue weighted by Crippen LogP contribution is -2.19. The molecule has 0 aromatic heterocycles. The molecule has 0 radical (unpaired) electrons. The summed E-state index contributed by atoms with van der Waals surface area (Å²) in [6.07, 6.45) is 0.844. The molecule has 3 nitrogen and oxygen atoms in total. The van der Waals surface area contributed by atoms with Crippen molar-refractivity contribution in [1.29, 1.82) is 0 Å². The zero-order valence-electron chi connectivity index (χ0n) is 13.1. The fraction of sp³-hybridized carbons (Fsp3) is 0.278. The van der Waals surface area contributed by atoms with Gasteiger partial charge in [0.2, 0.25) is 5.91 Å². The highest BCUT2D eigenvalue weighted by atomic mass is 32.2. The van der Waals surface area contributed by atoms with Gasteiger partial charge in [0, 0.05) is 21.4 Å². The van der Waals surface area contributed by atoms with Gasteiger partial charge < -0.3 is 10.1 Å². The first-order valence-electron chi connectivity index (χ1n) is 7.35. The van der Waals surface area contributed by atoms with Crippen LogP contribution < -0.4 is 10.1 Å². The molecule has 0 heterocycles. The van der Waals surface area contributed by atoms with Gasteiger partial charge in [0.25, 0.3) is 0 Å². The fourth-order valence-corrected chi connectivity index (χ4v) is 2.65. The van der Waals surface area contributed by atoms with Gasteiger partial charge in [0.05, 0.1) is 7.11 Å². The van der Waals surface area contributed by atoms with Crippen LogP contribution in [-0.2, 0) is 4.79 Å². The van der Waals surface area contributed by atoms with Gasteiger partial charge in [0.1, 0.15) is 5.75 Å². The van der Waals surface area contributed by atoms with Gasteiger partial charge >= 0.3 is 0 Å². The van der Waals surface area contributed by atoms with E-state index >= 15 is 0 Å². The first-order chi connectivity index (χ1) is 10.6. The Kier molecular flexibility index (Phi) is 5.90. The molecule has 0 spiro atoms. The smallest absolute Gasteiger partial charge is 0.227 e. The number of methoxy groups -OCH3 is 1. The van der Waals surface area contributed by atoms with E-state index in [-0.39, 0.29) is 11.8 Å². The molecule has 1 unspecified atom stereocenters. The number of hydrogen-bond donors (Lipinski definition) is 1. The number of anilines is 1. The Morgan fingerprint density at radius 2 is 1.64 bits per heavy atom. The highest BCUT2D eigenvalue weighted by Crippen LogP contribution is 2.29. The lowest BCUT2D eigenvalue weighted by molar-refractivity contribution is -0.119. The lowest BCUT2D eigenvalue weighted by atomic mass is 10.1. The zero-order chi connectivity index (χ0) is 15.9. The number of rotatable bonds is 6. The summed E-state index contributed by atoms with van der Waals surface area (Å²) in [6, 6.07) is 15.9. The minimum atomic E-state index is 0.0355. The maximum absolute atomic E-state index is 11.9.